The van der Waals surface area contributed by atoms with Gasteiger partial charge in [0.1, 0.15) is 0 Å². The van der Waals surface area contributed by atoms with E-state index >= 15 is 0 Å². The number of hydrogen-bond donors (Lipinski definition) is 1. The average Bonchev–Trinajstić information content (AvgIpc) is 3.11. The van der Waals surface area contributed by atoms with E-state index in [1.54, 1.807) is 30.6 Å². The maximum absolute atomic E-state index is 13.9. The quantitative estimate of drug-likeness (QED) is 0.354. The van der Waals surface area contributed by atoms with Crippen LogP contribution in [0.4, 0.5) is 23.0 Å². The highest BCUT2D eigenvalue weighted by Crippen LogP contribution is 2.48. The fourth-order valence-corrected chi connectivity index (χ4v) is 6.24. The van der Waals surface area contributed by atoms with Crippen LogP contribution in [0.3, 0.4) is 0 Å². The number of para-hydroxylation sites is 2. The highest BCUT2D eigenvalue weighted by atomic mass is 16.6. The van der Waals surface area contributed by atoms with Crippen LogP contribution >= 0.6 is 0 Å². The van der Waals surface area contributed by atoms with Crippen LogP contribution < -0.4 is 15.1 Å². The van der Waals surface area contributed by atoms with Crippen LogP contribution in [0, 0.1) is 15.5 Å². The van der Waals surface area contributed by atoms with E-state index in [9.17, 15) is 19.7 Å². The van der Waals surface area contributed by atoms with Crippen molar-refractivity contribution in [1.82, 2.24) is 14.9 Å². The molecule has 3 aromatic rings. The van der Waals surface area contributed by atoms with Crippen molar-refractivity contribution in [2.75, 3.05) is 47.8 Å². The number of piperazine rings is 1. The topological polar surface area (TPSA) is 125 Å². The number of nitro groups is 1. The van der Waals surface area contributed by atoms with Gasteiger partial charge in [-0.15, -0.1) is 0 Å². The van der Waals surface area contributed by atoms with Gasteiger partial charge in [-0.3, -0.25) is 19.7 Å². The predicted octanol–water partition coefficient (Wildman–Crippen LogP) is 4.35. The van der Waals surface area contributed by atoms with Gasteiger partial charge in [0.2, 0.25) is 11.9 Å². The first-order valence-electron chi connectivity index (χ1n) is 14.1. The van der Waals surface area contributed by atoms with Gasteiger partial charge in [-0.05, 0) is 35.6 Å². The lowest BCUT2D eigenvalue weighted by Gasteiger charge is -2.39. The van der Waals surface area contributed by atoms with E-state index in [0.29, 0.717) is 56.1 Å². The maximum atomic E-state index is 13.9. The van der Waals surface area contributed by atoms with Crippen molar-refractivity contribution in [1.29, 1.82) is 0 Å². The zero-order valence-corrected chi connectivity index (χ0v) is 23.7. The molecule has 11 nitrogen and oxygen atoms in total. The second-order valence-corrected chi connectivity index (χ2v) is 11.8. The first-order valence-corrected chi connectivity index (χ1v) is 14.1. The summed E-state index contributed by atoms with van der Waals surface area (Å²) in [6.07, 6.45) is 4.39. The van der Waals surface area contributed by atoms with E-state index in [0.717, 1.165) is 17.1 Å². The number of nitrogens with one attached hydrogen (secondary N) is 1. The Morgan fingerprint density at radius 3 is 2.50 bits per heavy atom. The minimum atomic E-state index is -0.678. The summed E-state index contributed by atoms with van der Waals surface area (Å²) < 4.78 is 0. The van der Waals surface area contributed by atoms with E-state index < -0.39 is 11.0 Å². The number of benzene rings is 2. The van der Waals surface area contributed by atoms with Gasteiger partial charge in [-0.25, -0.2) is 9.97 Å². The molecule has 1 amide bonds. The zero-order chi connectivity index (χ0) is 29.4. The molecule has 1 fully saturated rings. The van der Waals surface area contributed by atoms with Crippen LogP contribution in [-0.4, -0.2) is 64.2 Å². The molecule has 11 heteroatoms. The molecule has 1 unspecified atom stereocenters. The van der Waals surface area contributed by atoms with Gasteiger partial charge in [-0.2, -0.15) is 0 Å². The molecule has 1 saturated heterocycles. The molecule has 1 N–H and O–H groups in total. The summed E-state index contributed by atoms with van der Waals surface area (Å²) in [4.78, 5) is 53.6. The summed E-state index contributed by atoms with van der Waals surface area (Å²) in [6.45, 7) is 6.35. The number of anilines is 3. The lowest BCUT2D eigenvalue weighted by Crippen LogP contribution is -2.52. The van der Waals surface area contributed by atoms with Crippen LogP contribution in [0.5, 0.6) is 0 Å². The van der Waals surface area contributed by atoms with Gasteiger partial charge in [0.15, 0.2) is 5.78 Å². The molecule has 0 bridgehead atoms. The summed E-state index contributed by atoms with van der Waals surface area (Å²) in [7, 11) is 0. The van der Waals surface area contributed by atoms with E-state index in [2.05, 4.69) is 34.0 Å². The van der Waals surface area contributed by atoms with Crippen LogP contribution in [0.25, 0.3) is 0 Å². The van der Waals surface area contributed by atoms with Crippen molar-refractivity contribution >= 4 is 34.7 Å². The Labute approximate surface area is 244 Å². The van der Waals surface area contributed by atoms with Crippen LogP contribution in [-0.2, 0) is 9.59 Å². The molecule has 42 heavy (non-hydrogen) atoms. The number of fused-ring (bicyclic) bond motifs is 1. The van der Waals surface area contributed by atoms with Crippen LogP contribution in [0.2, 0.25) is 0 Å². The van der Waals surface area contributed by atoms with Crippen molar-refractivity contribution in [3.63, 3.8) is 0 Å². The maximum Gasteiger partial charge on any atom is 0.269 e. The Morgan fingerprint density at radius 1 is 1.02 bits per heavy atom. The number of carbonyl (C=O) groups excluding carboxylic acids is 2. The van der Waals surface area contributed by atoms with Gasteiger partial charge in [-0.1, -0.05) is 38.1 Å². The third-order valence-corrected chi connectivity index (χ3v) is 8.17. The number of allylic oxidation sites excluding steroid dienone is 1. The molecule has 0 radical (unpaired) electrons. The summed E-state index contributed by atoms with van der Waals surface area (Å²) in [5.41, 5.74) is 3.20. The predicted molar refractivity (Wildman–Crippen MR) is 159 cm³/mol. The Kier molecular flexibility index (Phi) is 7.09. The Morgan fingerprint density at radius 2 is 1.76 bits per heavy atom. The first kappa shape index (κ1) is 27.4. The summed E-state index contributed by atoms with van der Waals surface area (Å²) in [6, 6.07) is 15.2. The Bertz CT molecular complexity index is 1560. The number of Topliss-reactive ketones (excluding diaryl/α,β-unsaturated/α-hetero) is 1. The lowest BCUT2D eigenvalue weighted by atomic mass is 9.73. The lowest BCUT2D eigenvalue weighted by molar-refractivity contribution is -0.384. The van der Waals surface area contributed by atoms with E-state index in [-0.39, 0.29) is 29.3 Å². The van der Waals surface area contributed by atoms with E-state index in [4.69, 9.17) is 0 Å². The number of nitrogens with zero attached hydrogens (tertiary/aromatic N) is 6. The van der Waals surface area contributed by atoms with Crippen LogP contribution in [0.1, 0.15) is 38.3 Å². The molecule has 1 aliphatic carbocycles. The second kappa shape index (κ2) is 10.9. The largest absolute Gasteiger partial charge is 0.357 e. The zero-order valence-electron chi connectivity index (χ0n) is 23.7. The molecule has 216 valence electrons. The van der Waals surface area contributed by atoms with Gasteiger partial charge >= 0.3 is 0 Å². The number of carbonyl (C=O) groups is 2. The summed E-state index contributed by atoms with van der Waals surface area (Å²) >= 11 is 0. The third-order valence-electron chi connectivity index (χ3n) is 8.17. The standard InChI is InChI=1S/C31H33N7O4/c1-31(2)18-24-28(26(39)19-31)29(21-7-5-8-22(17-21)38(41)42)37(25-10-4-3-9-23(25)34-24)20-27(40)35-13-15-36(16-14-35)30-32-11-6-12-33-30/h3-12,17,29,34H,13-16,18-20H2,1-2H3. The van der Waals surface area contributed by atoms with Crippen molar-refractivity contribution in [3.05, 3.63) is 93.9 Å². The van der Waals surface area contributed by atoms with Gasteiger partial charge in [0.25, 0.3) is 5.69 Å². The molecule has 1 aromatic heterocycles. The van der Waals surface area contributed by atoms with Gasteiger partial charge in [0, 0.05) is 68.4 Å². The molecule has 3 heterocycles. The second-order valence-electron chi connectivity index (χ2n) is 11.8. The highest BCUT2D eigenvalue weighted by Gasteiger charge is 2.42. The molecule has 0 spiro atoms. The number of ketones is 1. The summed E-state index contributed by atoms with van der Waals surface area (Å²) in [5, 5.41) is 15.3. The molecule has 2 aliphatic heterocycles. The number of amides is 1. The minimum Gasteiger partial charge on any atom is -0.357 e. The van der Waals surface area contributed by atoms with Gasteiger partial charge in [0.05, 0.1) is 28.9 Å². The normalized spacial score (nSPS) is 19.9. The SMILES string of the molecule is CC1(C)CC(=O)C2=C(C1)Nc1ccccc1N(CC(=O)N1CCN(c3ncccn3)CC1)C2c1cccc([N+](=O)[O-])c1. The monoisotopic (exact) mass is 567 g/mol. The number of nitro benzene ring substituents is 1. The molecule has 1 atom stereocenters. The Balaban J connectivity index is 1.38. The number of aromatic nitrogens is 2. The smallest absolute Gasteiger partial charge is 0.269 e. The summed E-state index contributed by atoms with van der Waals surface area (Å²) in [5.74, 6) is 0.537. The van der Waals surface area contributed by atoms with Crippen molar-refractivity contribution in [2.24, 2.45) is 5.41 Å². The van der Waals surface area contributed by atoms with Crippen molar-refractivity contribution in [2.45, 2.75) is 32.7 Å². The molecule has 2 aromatic carbocycles. The fourth-order valence-electron chi connectivity index (χ4n) is 6.24. The fraction of sp³-hybridized carbons (Fsp3) is 0.355. The van der Waals surface area contributed by atoms with E-state index in [1.165, 1.54) is 12.1 Å². The molecule has 3 aliphatic rings. The Hall–Kier alpha value is -4.80. The molecular weight excluding hydrogens is 534 g/mol. The highest BCUT2D eigenvalue weighted by molar-refractivity contribution is 6.02. The number of hydrogen-bond acceptors (Lipinski definition) is 9. The number of non-ortho nitro benzene ring substituents is 1. The van der Waals surface area contributed by atoms with Crippen molar-refractivity contribution in [3.8, 4) is 0 Å². The van der Waals surface area contributed by atoms with Crippen LogP contribution in [0.15, 0.2) is 78.3 Å². The number of rotatable bonds is 5. The average molecular weight is 568 g/mol. The van der Waals surface area contributed by atoms with Gasteiger partial charge < -0.3 is 20.0 Å². The van der Waals surface area contributed by atoms with Crippen molar-refractivity contribution < 1.29 is 14.5 Å². The third kappa shape index (κ3) is 5.29. The first-order chi connectivity index (χ1) is 20.2. The molecule has 0 saturated carbocycles. The van der Waals surface area contributed by atoms with E-state index in [1.807, 2.05) is 34.1 Å². The minimum absolute atomic E-state index is 0.00133. The molecule has 6 rings (SSSR count). The molecular formula is C31H33N7O4.